The third-order valence-corrected chi connectivity index (χ3v) is 6.52. The van der Waals surface area contributed by atoms with Crippen LogP contribution in [0.3, 0.4) is 0 Å². The Balaban J connectivity index is 1.68. The highest BCUT2D eigenvalue weighted by molar-refractivity contribution is 5.95. The van der Waals surface area contributed by atoms with Gasteiger partial charge in [-0.05, 0) is 56.1 Å². The normalized spacial score (nSPS) is 17.5. The molecule has 0 radical (unpaired) electrons. The average molecular weight is 474 g/mol. The van der Waals surface area contributed by atoms with Crippen molar-refractivity contribution in [2.45, 2.75) is 65.1 Å². The van der Waals surface area contributed by atoms with E-state index in [1.54, 1.807) is 6.92 Å². The van der Waals surface area contributed by atoms with Crippen LogP contribution in [0.15, 0.2) is 66.7 Å². The summed E-state index contributed by atoms with van der Waals surface area (Å²) in [5.74, 6) is 0.754. The Morgan fingerprint density at radius 1 is 0.943 bits per heavy atom. The van der Waals surface area contributed by atoms with Gasteiger partial charge in [-0.25, -0.2) is 9.78 Å². The van der Waals surface area contributed by atoms with Gasteiger partial charge >= 0.3 is 5.97 Å². The van der Waals surface area contributed by atoms with Crippen LogP contribution >= 0.6 is 0 Å². The Labute approximate surface area is 208 Å². The molecule has 1 fully saturated rings. The van der Waals surface area contributed by atoms with Crippen LogP contribution in [0.2, 0.25) is 0 Å². The summed E-state index contributed by atoms with van der Waals surface area (Å²) in [5.41, 5.74) is 3.36. The number of rotatable bonds is 10. The van der Waals surface area contributed by atoms with E-state index in [1.165, 1.54) is 12.0 Å². The second-order valence-electron chi connectivity index (χ2n) is 9.19. The molecule has 1 saturated carbocycles. The minimum Gasteiger partial charge on any atom is -0.489 e. The number of aryl methyl sites for hydroxylation is 2. The van der Waals surface area contributed by atoms with Crippen LogP contribution in [0.5, 0.6) is 11.6 Å². The lowest BCUT2D eigenvalue weighted by molar-refractivity contribution is 0.0500. The number of benzene rings is 2. The van der Waals surface area contributed by atoms with Crippen molar-refractivity contribution in [2.75, 3.05) is 6.61 Å². The van der Waals surface area contributed by atoms with E-state index in [0.29, 0.717) is 24.7 Å². The molecule has 0 saturated heterocycles. The molecule has 3 aromatic rings. The molecule has 1 aliphatic carbocycles. The summed E-state index contributed by atoms with van der Waals surface area (Å²) in [6.45, 7) is 4.60. The van der Waals surface area contributed by atoms with Gasteiger partial charge in [-0.1, -0.05) is 74.0 Å². The van der Waals surface area contributed by atoms with Crippen LogP contribution in [0.25, 0.3) is 0 Å². The summed E-state index contributed by atoms with van der Waals surface area (Å²) < 4.78 is 18.1. The summed E-state index contributed by atoms with van der Waals surface area (Å²) in [6.07, 6.45) is 6.06. The fraction of sp³-hybridized carbons (Fsp3) is 0.400. The first-order chi connectivity index (χ1) is 17.1. The summed E-state index contributed by atoms with van der Waals surface area (Å²) >= 11 is 0. The lowest BCUT2D eigenvalue weighted by Crippen LogP contribution is -2.29. The first kappa shape index (κ1) is 24.8. The van der Waals surface area contributed by atoms with Gasteiger partial charge in [0.05, 0.1) is 6.61 Å². The molecule has 35 heavy (non-hydrogen) atoms. The summed E-state index contributed by atoms with van der Waals surface area (Å²) in [6, 6.07) is 22.1. The quantitative estimate of drug-likeness (QED) is 0.311. The Kier molecular flexibility index (Phi) is 8.77. The molecule has 2 unspecified atom stereocenters. The minimum absolute atomic E-state index is 0.0586. The molecule has 1 aliphatic rings. The number of hydrogen-bond acceptors (Lipinski definition) is 5. The van der Waals surface area contributed by atoms with Crippen molar-refractivity contribution in [1.82, 2.24) is 4.98 Å². The van der Waals surface area contributed by atoms with Gasteiger partial charge in [0, 0.05) is 11.8 Å². The molecular weight excluding hydrogens is 438 g/mol. The second-order valence-corrected chi connectivity index (χ2v) is 9.19. The first-order valence-electron chi connectivity index (χ1n) is 12.7. The van der Waals surface area contributed by atoms with E-state index < -0.39 is 5.97 Å². The van der Waals surface area contributed by atoms with Crippen LogP contribution in [-0.4, -0.2) is 23.7 Å². The fourth-order valence-corrected chi connectivity index (χ4v) is 4.53. The molecule has 184 valence electrons. The van der Waals surface area contributed by atoms with E-state index in [-0.39, 0.29) is 24.2 Å². The standard InChI is InChI=1S/C30H35NO4/c1-3-33-30(32)28-27(35-26-17-11-10-12-22(26)2)20-25(19-18-23-13-6-4-7-14-23)31-29(28)34-21-24-15-8-5-9-16-24/h4-9,13-16,20,22,26H,3,10-12,17-19,21H2,1-2H3. The second kappa shape index (κ2) is 12.4. The number of nitrogens with zero attached hydrogens (tertiary/aromatic N) is 1. The summed E-state index contributed by atoms with van der Waals surface area (Å²) in [5, 5.41) is 0. The summed E-state index contributed by atoms with van der Waals surface area (Å²) in [4.78, 5) is 17.9. The van der Waals surface area contributed by atoms with Crippen molar-refractivity contribution in [3.63, 3.8) is 0 Å². The first-order valence-corrected chi connectivity index (χ1v) is 12.7. The smallest absolute Gasteiger partial charge is 0.347 e. The van der Waals surface area contributed by atoms with Gasteiger partial charge in [-0.3, -0.25) is 0 Å². The monoisotopic (exact) mass is 473 g/mol. The molecule has 5 heteroatoms. The van der Waals surface area contributed by atoms with Crippen LogP contribution in [0, 0.1) is 5.92 Å². The van der Waals surface area contributed by atoms with Gasteiger partial charge in [-0.2, -0.15) is 0 Å². The number of carbonyl (C=O) groups is 1. The van der Waals surface area contributed by atoms with Crippen molar-refractivity contribution in [1.29, 1.82) is 0 Å². The van der Waals surface area contributed by atoms with Crippen LogP contribution in [0.4, 0.5) is 0 Å². The number of hydrogen-bond donors (Lipinski definition) is 0. The SMILES string of the molecule is CCOC(=O)c1c(OC2CCCCC2C)cc(CCc2ccccc2)nc1OCc1ccccc1. The Bertz CT molecular complexity index is 1080. The van der Waals surface area contributed by atoms with Gasteiger partial charge in [-0.15, -0.1) is 0 Å². The highest BCUT2D eigenvalue weighted by Gasteiger charge is 2.29. The zero-order valence-electron chi connectivity index (χ0n) is 20.7. The maximum atomic E-state index is 13.1. The van der Waals surface area contributed by atoms with Crippen molar-refractivity contribution in [3.05, 3.63) is 89.1 Å². The number of aromatic nitrogens is 1. The van der Waals surface area contributed by atoms with Crippen LogP contribution in [-0.2, 0) is 24.2 Å². The largest absolute Gasteiger partial charge is 0.489 e. The minimum atomic E-state index is -0.462. The van der Waals surface area contributed by atoms with Crippen LogP contribution in [0.1, 0.15) is 66.7 Å². The van der Waals surface area contributed by atoms with Gasteiger partial charge in [0.25, 0.3) is 0 Å². The van der Waals surface area contributed by atoms with Crippen molar-refractivity contribution >= 4 is 5.97 Å². The fourth-order valence-electron chi connectivity index (χ4n) is 4.53. The molecule has 0 aliphatic heterocycles. The van der Waals surface area contributed by atoms with Crippen molar-refractivity contribution < 1.29 is 19.0 Å². The molecular formula is C30H35NO4. The molecule has 0 N–H and O–H groups in total. The molecule has 2 atom stereocenters. The third-order valence-electron chi connectivity index (χ3n) is 6.52. The highest BCUT2D eigenvalue weighted by atomic mass is 16.5. The number of carbonyl (C=O) groups excluding carboxylic acids is 1. The molecule has 1 aromatic heterocycles. The molecule has 5 nitrogen and oxygen atoms in total. The van der Waals surface area contributed by atoms with E-state index in [2.05, 4.69) is 19.1 Å². The van der Waals surface area contributed by atoms with E-state index in [0.717, 1.165) is 36.9 Å². The molecule has 2 aromatic carbocycles. The maximum Gasteiger partial charge on any atom is 0.347 e. The van der Waals surface area contributed by atoms with Crippen LogP contribution < -0.4 is 9.47 Å². The number of ether oxygens (including phenoxy) is 3. The van der Waals surface area contributed by atoms with Gasteiger partial charge < -0.3 is 14.2 Å². The molecule has 0 bridgehead atoms. The van der Waals surface area contributed by atoms with Crippen molar-refractivity contribution in [3.8, 4) is 11.6 Å². The lowest BCUT2D eigenvalue weighted by Gasteiger charge is -2.30. The Morgan fingerprint density at radius 2 is 1.63 bits per heavy atom. The van der Waals surface area contributed by atoms with E-state index in [9.17, 15) is 4.79 Å². The summed E-state index contributed by atoms with van der Waals surface area (Å²) in [7, 11) is 0. The number of pyridine rings is 1. The topological polar surface area (TPSA) is 57.7 Å². The number of esters is 1. The van der Waals surface area contributed by atoms with Gasteiger partial charge in [0.1, 0.15) is 18.5 Å². The zero-order valence-corrected chi connectivity index (χ0v) is 20.7. The van der Waals surface area contributed by atoms with E-state index in [4.69, 9.17) is 19.2 Å². The van der Waals surface area contributed by atoms with E-state index in [1.807, 2.05) is 54.6 Å². The maximum absolute atomic E-state index is 13.1. The molecule has 0 spiro atoms. The Hall–Kier alpha value is -3.34. The predicted molar refractivity (Wildman–Crippen MR) is 137 cm³/mol. The molecule has 4 rings (SSSR count). The predicted octanol–water partition coefficient (Wildman–Crippen LogP) is 6.58. The molecule has 0 amide bonds. The van der Waals surface area contributed by atoms with Gasteiger partial charge in [0.2, 0.25) is 5.88 Å². The Morgan fingerprint density at radius 3 is 2.31 bits per heavy atom. The van der Waals surface area contributed by atoms with Crippen molar-refractivity contribution in [2.24, 2.45) is 5.92 Å². The zero-order chi connectivity index (χ0) is 24.5. The van der Waals surface area contributed by atoms with Gasteiger partial charge in [0.15, 0.2) is 5.56 Å². The third kappa shape index (κ3) is 6.84. The highest BCUT2D eigenvalue weighted by Crippen LogP contribution is 2.34. The lowest BCUT2D eigenvalue weighted by atomic mass is 9.88. The average Bonchev–Trinajstić information content (AvgIpc) is 2.89. The molecule has 1 heterocycles. The van der Waals surface area contributed by atoms with E-state index >= 15 is 0 Å².